The zero-order chi connectivity index (χ0) is 20.1. The molecule has 0 fully saturated rings. The molecule has 0 aromatic heterocycles. The van der Waals surface area contributed by atoms with Crippen molar-refractivity contribution in [3.8, 4) is 5.75 Å². The lowest BCUT2D eigenvalue weighted by molar-refractivity contribution is -0.131. The number of hydrogen-bond donors (Lipinski definition) is 1. The second kappa shape index (κ2) is 8.46. The van der Waals surface area contributed by atoms with Gasteiger partial charge in [0.25, 0.3) is 5.91 Å². The molecule has 3 rings (SSSR count). The number of nitrogens with one attached hydrogen (secondary N) is 1. The Morgan fingerprint density at radius 1 is 1.21 bits per heavy atom. The van der Waals surface area contributed by atoms with Crippen molar-refractivity contribution in [2.24, 2.45) is 0 Å². The molecular weight excluding hydrogens is 352 g/mol. The molecule has 1 aliphatic heterocycles. The fourth-order valence-corrected chi connectivity index (χ4v) is 3.74. The highest BCUT2D eigenvalue weighted by Crippen LogP contribution is 2.31. The average molecular weight is 380 g/mol. The van der Waals surface area contributed by atoms with Crippen LogP contribution in [0, 0.1) is 0 Å². The van der Waals surface area contributed by atoms with Gasteiger partial charge in [0.1, 0.15) is 11.3 Å². The standard InChI is InChI=1S/C23H28N2O3/c1-4-5-13-25-21(26)20-12-7-6-10-18(20)15-23(25,2)22(27)24-16-17-9-8-11-19(14-17)28-3/h6-12,14H,4-5,13,15-16H2,1-3H3,(H,24,27)/t23-/m1/s1. The number of carbonyl (C=O) groups excluding carboxylic acids is 2. The number of fused-ring (bicyclic) bond motifs is 1. The number of unbranched alkanes of at least 4 members (excludes halogenated alkanes) is 1. The Morgan fingerprint density at radius 2 is 2.00 bits per heavy atom. The van der Waals surface area contributed by atoms with Gasteiger partial charge < -0.3 is 15.0 Å². The lowest BCUT2D eigenvalue weighted by atomic mass is 9.82. The molecule has 1 aliphatic rings. The topological polar surface area (TPSA) is 58.6 Å². The van der Waals surface area contributed by atoms with E-state index >= 15 is 0 Å². The van der Waals surface area contributed by atoms with Gasteiger partial charge in [-0.2, -0.15) is 0 Å². The first-order valence-corrected chi connectivity index (χ1v) is 9.80. The molecule has 0 aliphatic carbocycles. The summed E-state index contributed by atoms with van der Waals surface area (Å²) in [6.45, 7) is 4.93. The van der Waals surface area contributed by atoms with Crippen LogP contribution in [-0.4, -0.2) is 35.9 Å². The Balaban J connectivity index is 1.83. The molecule has 2 amide bonds. The van der Waals surface area contributed by atoms with Crippen LogP contribution < -0.4 is 10.1 Å². The van der Waals surface area contributed by atoms with Crippen LogP contribution in [0.2, 0.25) is 0 Å². The van der Waals surface area contributed by atoms with Gasteiger partial charge in [0, 0.05) is 25.1 Å². The van der Waals surface area contributed by atoms with E-state index in [0.29, 0.717) is 25.1 Å². The molecule has 0 bridgehead atoms. The Labute approximate surface area is 166 Å². The first kappa shape index (κ1) is 19.9. The summed E-state index contributed by atoms with van der Waals surface area (Å²) in [6, 6.07) is 15.2. The van der Waals surface area contributed by atoms with Crippen LogP contribution in [-0.2, 0) is 17.8 Å². The Morgan fingerprint density at radius 3 is 2.75 bits per heavy atom. The normalized spacial score (nSPS) is 18.5. The third kappa shape index (κ3) is 3.88. The van der Waals surface area contributed by atoms with Gasteiger partial charge in [0.15, 0.2) is 0 Å². The number of rotatable bonds is 7. The maximum absolute atomic E-state index is 13.2. The second-order valence-corrected chi connectivity index (χ2v) is 7.45. The van der Waals surface area contributed by atoms with Gasteiger partial charge in [-0.1, -0.05) is 43.7 Å². The Bertz CT molecular complexity index is 864. The lowest BCUT2D eigenvalue weighted by Gasteiger charge is -2.44. The highest BCUT2D eigenvalue weighted by molar-refractivity contribution is 6.02. The minimum atomic E-state index is -0.903. The van der Waals surface area contributed by atoms with Crippen molar-refractivity contribution in [1.82, 2.24) is 10.2 Å². The molecule has 0 radical (unpaired) electrons. The van der Waals surface area contributed by atoms with Crippen LogP contribution in [0.15, 0.2) is 48.5 Å². The molecule has 148 valence electrons. The molecule has 28 heavy (non-hydrogen) atoms. The van der Waals surface area contributed by atoms with Crippen LogP contribution in [0.3, 0.4) is 0 Å². The average Bonchev–Trinajstić information content (AvgIpc) is 2.72. The monoisotopic (exact) mass is 380 g/mol. The van der Waals surface area contributed by atoms with Crippen LogP contribution in [0.5, 0.6) is 5.75 Å². The van der Waals surface area contributed by atoms with Gasteiger partial charge >= 0.3 is 0 Å². The minimum absolute atomic E-state index is 0.0608. The van der Waals surface area contributed by atoms with Crippen molar-refractivity contribution < 1.29 is 14.3 Å². The zero-order valence-electron chi connectivity index (χ0n) is 16.8. The van der Waals surface area contributed by atoms with E-state index in [-0.39, 0.29) is 11.8 Å². The maximum Gasteiger partial charge on any atom is 0.255 e. The molecule has 2 aromatic rings. The first-order chi connectivity index (χ1) is 13.5. The van der Waals surface area contributed by atoms with Gasteiger partial charge in [0.2, 0.25) is 5.91 Å². The van der Waals surface area contributed by atoms with Crippen molar-refractivity contribution in [2.45, 2.75) is 45.2 Å². The number of ether oxygens (including phenoxy) is 1. The molecule has 1 heterocycles. The molecular formula is C23H28N2O3. The van der Waals surface area contributed by atoms with E-state index in [1.807, 2.05) is 55.5 Å². The number of nitrogens with zero attached hydrogens (tertiary/aromatic N) is 1. The minimum Gasteiger partial charge on any atom is -0.497 e. The van der Waals surface area contributed by atoms with Gasteiger partial charge in [-0.25, -0.2) is 0 Å². The van der Waals surface area contributed by atoms with Crippen LogP contribution >= 0.6 is 0 Å². The van der Waals surface area contributed by atoms with Gasteiger partial charge in [-0.05, 0) is 42.7 Å². The van der Waals surface area contributed by atoms with Crippen LogP contribution in [0.1, 0.15) is 48.2 Å². The van der Waals surface area contributed by atoms with E-state index < -0.39 is 5.54 Å². The number of methoxy groups -OCH3 is 1. The van der Waals surface area contributed by atoms with Crippen LogP contribution in [0.25, 0.3) is 0 Å². The first-order valence-electron chi connectivity index (χ1n) is 9.80. The molecule has 2 aromatic carbocycles. The van der Waals surface area contributed by atoms with Gasteiger partial charge in [-0.3, -0.25) is 9.59 Å². The summed E-state index contributed by atoms with van der Waals surface area (Å²) >= 11 is 0. The summed E-state index contributed by atoms with van der Waals surface area (Å²) in [5, 5.41) is 3.03. The summed E-state index contributed by atoms with van der Waals surface area (Å²) in [5.41, 5.74) is 1.69. The van der Waals surface area contributed by atoms with Crippen molar-refractivity contribution in [2.75, 3.05) is 13.7 Å². The largest absolute Gasteiger partial charge is 0.497 e. The van der Waals surface area contributed by atoms with E-state index in [1.54, 1.807) is 12.0 Å². The predicted octanol–water partition coefficient (Wildman–Crippen LogP) is 3.57. The quantitative estimate of drug-likeness (QED) is 0.799. The van der Waals surface area contributed by atoms with Crippen molar-refractivity contribution in [1.29, 1.82) is 0 Å². The van der Waals surface area contributed by atoms with E-state index in [4.69, 9.17) is 4.74 Å². The number of amides is 2. The van der Waals surface area contributed by atoms with E-state index in [9.17, 15) is 9.59 Å². The number of carbonyl (C=O) groups is 2. The smallest absolute Gasteiger partial charge is 0.255 e. The molecule has 0 spiro atoms. The molecule has 1 N–H and O–H groups in total. The van der Waals surface area contributed by atoms with Crippen LogP contribution in [0.4, 0.5) is 0 Å². The van der Waals surface area contributed by atoms with E-state index in [2.05, 4.69) is 12.2 Å². The summed E-state index contributed by atoms with van der Waals surface area (Å²) in [6.07, 6.45) is 2.35. The molecule has 0 saturated heterocycles. The fourth-order valence-electron chi connectivity index (χ4n) is 3.74. The maximum atomic E-state index is 13.2. The zero-order valence-corrected chi connectivity index (χ0v) is 16.8. The van der Waals surface area contributed by atoms with Gasteiger partial charge in [-0.15, -0.1) is 0 Å². The lowest BCUT2D eigenvalue weighted by Crippen LogP contribution is -2.62. The Kier molecular flexibility index (Phi) is 6.02. The second-order valence-electron chi connectivity index (χ2n) is 7.45. The third-order valence-electron chi connectivity index (χ3n) is 5.43. The van der Waals surface area contributed by atoms with Crippen molar-refractivity contribution in [3.63, 3.8) is 0 Å². The Hall–Kier alpha value is -2.82. The summed E-state index contributed by atoms with van der Waals surface area (Å²) in [4.78, 5) is 28.1. The summed E-state index contributed by atoms with van der Waals surface area (Å²) in [7, 11) is 1.62. The number of benzene rings is 2. The van der Waals surface area contributed by atoms with Crippen molar-refractivity contribution >= 4 is 11.8 Å². The SMILES string of the molecule is CCCCN1C(=O)c2ccccc2C[C@]1(C)C(=O)NCc1cccc(OC)c1. The third-order valence-corrected chi connectivity index (χ3v) is 5.43. The number of hydrogen-bond acceptors (Lipinski definition) is 3. The highest BCUT2D eigenvalue weighted by Gasteiger charge is 2.46. The fraction of sp³-hybridized carbons (Fsp3) is 0.391. The van der Waals surface area contributed by atoms with E-state index in [1.165, 1.54) is 0 Å². The highest BCUT2D eigenvalue weighted by atomic mass is 16.5. The summed E-state index contributed by atoms with van der Waals surface area (Å²) < 4.78 is 5.25. The molecule has 5 heteroatoms. The van der Waals surface area contributed by atoms with Gasteiger partial charge in [0.05, 0.1) is 7.11 Å². The molecule has 0 saturated carbocycles. The van der Waals surface area contributed by atoms with E-state index in [0.717, 1.165) is 29.7 Å². The molecule has 1 atom stereocenters. The molecule has 0 unspecified atom stereocenters. The van der Waals surface area contributed by atoms with Crippen molar-refractivity contribution in [3.05, 3.63) is 65.2 Å². The summed E-state index contributed by atoms with van der Waals surface area (Å²) in [5.74, 6) is 0.563. The molecule has 5 nitrogen and oxygen atoms in total. The predicted molar refractivity (Wildman–Crippen MR) is 109 cm³/mol.